The Bertz CT molecular complexity index is 520. The highest BCUT2D eigenvalue weighted by molar-refractivity contribution is 5.75. The molecule has 0 unspecified atom stereocenters. The molecule has 0 saturated carbocycles. The summed E-state index contributed by atoms with van der Waals surface area (Å²) in [5.74, 6) is -0.874. The third-order valence-electron chi connectivity index (χ3n) is 2.72. The smallest absolute Gasteiger partial charge is 0.408 e. The molecule has 7 nitrogen and oxygen atoms in total. The van der Waals surface area contributed by atoms with E-state index in [0.29, 0.717) is 11.3 Å². The molecule has 0 fully saturated rings. The Labute approximate surface area is 128 Å². The van der Waals surface area contributed by atoms with Gasteiger partial charge in [0.05, 0.1) is 13.2 Å². The molecule has 1 rings (SSSR count). The highest BCUT2D eigenvalue weighted by Gasteiger charge is 2.30. The molecule has 1 aromatic rings. The number of aliphatic carboxylic acids is 1. The van der Waals surface area contributed by atoms with Gasteiger partial charge in [0, 0.05) is 0 Å². The summed E-state index contributed by atoms with van der Waals surface area (Å²) >= 11 is 0. The van der Waals surface area contributed by atoms with Crippen molar-refractivity contribution in [3.05, 3.63) is 29.8 Å². The molecule has 0 heterocycles. The van der Waals surface area contributed by atoms with E-state index in [2.05, 4.69) is 5.32 Å². The minimum absolute atomic E-state index is 0.418. The first kappa shape index (κ1) is 17.8. The summed E-state index contributed by atoms with van der Waals surface area (Å²) in [6.45, 7) is 5.05. The second-order valence-corrected chi connectivity index (χ2v) is 5.68. The van der Waals surface area contributed by atoms with Gasteiger partial charge in [0.1, 0.15) is 11.4 Å². The van der Waals surface area contributed by atoms with E-state index >= 15 is 0 Å². The Morgan fingerprint density at radius 3 is 2.14 bits per heavy atom. The predicted octanol–water partition coefficient (Wildman–Crippen LogP) is 1.71. The number of carbonyl (C=O) groups is 2. The lowest BCUT2D eigenvalue weighted by Gasteiger charge is -2.25. The fourth-order valence-corrected chi connectivity index (χ4v) is 1.73. The van der Waals surface area contributed by atoms with Crippen LogP contribution in [-0.4, -0.2) is 41.1 Å². The van der Waals surface area contributed by atoms with Crippen LogP contribution in [-0.2, 0) is 9.53 Å². The van der Waals surface area contributed by atoms with E-state index < -0.39 is 29.8 Å². The highest BCUT2D eigenvalue weighted by atomic mass is 16.6. The Morgan fingerprint density at radius 1 is 1.18 bits per heavy atom. The summed E-state index contributed by atoms with van der Waals surface area (Å²) < 4.78 is 10.1. The van der Waals surface area contributed by atoms with Gasteiger partial charge in [-0.3, -0.25) is 0 Å². The van der Waals surface area contributed by atoms with Crippen LogP contribution >= 0.6 is 0 Å². The number of hydrogen-bond acceptors (Lipinski definition) is 5. The summed E-state index contributed by atoms with van der Waals surface area (Å²) in [5, 5.41) is 21.2. The van der Waals surface area contributed by atoms with E-state index in [0.717, 1.165) is 0 Å². The van der Waals surface area contributed by atoms with E-state index in [4.69, 9.17) is 14.6 Å². The zero-order valence-corrected chi connectivity index (χ0v) is 13.0. The summed E-state index contributed by atoms with van der Waals surface area (Å²) in [6, 6.07) is 5.19. The average molecular weight is 311 g/mol. The molecule has 0 spiro atoms. The van der Waals surface area contributed by atoms with Crippen LogP contribution in [0.3, 0.4) is 0 Å². The molecule has 22 heavy (non-hydrogen) atoms. The maximum atomic E-state index is 11.8. The predicted molar refractivity (Wildman–Crippen MR) is 78.7 cm³/mol. The number of methoxy groups -OCH3 is 1. The van der Waals surface area contributed by atoms with Gasteiger partial charge in [-0.15, -0.1) is 0 Å². The second kappa shape index (κ2) is 7.13. The zero-order chi connectivity index (χ0) is 16.9. The molecule has 2 atom stereocenters. The van der Waals surface area contributed by atoms with Crippen molar-refractivity contribution >= 4 is 12.1 Å². The van der Waals surface area contributed by atoms with E-state index in [-0.39, 0.29) is 0 Å². The molecule has 1 amide bonds. The van der Waals surface area contributed by atoms with Crippen molar-refractivity contribution in [3.8, 4) is 5.75 Å². The molecule has 0 aromatic heterocycles. The molecule has 3 N–H and O–H groups in total. The molecule has 0 aliphatic rings. The number of carboxylic acid groups (broad SMARTS) is 1. The van der Waals surface area contributed by atoms with Crippen LogP contribution in [0.1, 0.15) is 32.4 Å². The summed E-state index contributed by atoms with van der Waals surface area (Å²) in [4.78, 5) is 22.9. The number of alkyl carbamates (subject to hydrolysis) is 1. The van der Waals surface area contributed by atoms with Crippen LogP contribution in [0.5, 0.6) is 5.75 Å². The monoisotopic (exact) mass is 311 g/mol. The quantitative estimate of drug-likeness (QED) is 0.764. The van der Waals surface area contributed by atoms with Crippen LogP contribution < -0.4 is 10.1 Å². The number of rotatable bonds is 5. The molecule has 0 saturated heterocycles. The number of carbonyl (C=O) groups excluding carboxylic acids is 1. The van der Waals surface area contributed by atoms with Crippen LogP contribution in [0.2, 0.25) is 0 Å². The molecule has 0 aliphatic carbocycles. The molecule has 0 radical (unpaired) electrons. The molecule has 0 bridgehead atoms. The van der Waals surface area contributed by atoms with Crippen LogP contribution in [0.25, 0.3) is 0 Å². The molecular formula is C15H21NO6. The van der Waals surface area contributed by atoms with Gasteiger partial charge in [-0.2, -0.15) is 0 Å². The minimum atomic E-state index is -1.80. The van der Waals surface area contributed by atoms with Crippen molar-refractivity contribution in [1.29, 1.82) is 0 Å². The number of ether oxygens (including phenoxy) is 2. The first-order chi connectivity index (χ1) is 10.1. The first-order valence-corrected chi connectivity index (χ1v) is 6.68. The summed E-state index contributed by atoms with van der Waals surface area (Å²) in [5.41, 5.74) is -0.315. The Kier molecular flexibility index (Phi) is 5.76. The lowest BCUT2D eigenvalue weighted by molar-refractivity contribution is -0.148. The van der Waals surface area contributed by atoms with Gasteiger partial charge in [-0.05, 0) is 38.5 Å². The normalized spacial score (nSPS) is 13.9. The summed E-state index contributed by atoms with van der Waals surface area (Å²) in [6.07, 6.45) is -2.62. The van der Waals surface area contributed by atoms with Crippen molar-refractivity contribution in [1.82, 2.24) is 5.32 Å². The number of carboxylic acids is 1. The molecule has 1 aromatic carbocycles. The fourth-order valence-electron chi connectivity index (χ4n) is 1.73. The lowest BCUT2D eigenvalue weighted by Crippen LogP contribution is -2.42. The SMILES string of the molecule is COc1ccc([C@@H](NC(=O)OC(C)(C)C)[C@@H](O)C(=O)O)cc1. The van der Waals surface area contributed by atoms with Crippen LogP contribution in [0, 0.1) is 0 Å². The van der Waals surface area contributed by atoms with Crippen molar-refractivity contribution in [3.63, 3.8) is 0 Å². The maximum Gasteiger partial charge on any atom is 0.408 e. The van der Waals surface area contributed by atoms with Crippen LogP contribution in [0.4, 0.5) is 4.79 Å². The maximum absolute atomic E-state index is 11.8. The van der Waals surface area contributed by atoms with E-state index in [1.807, 2.05) is 0 Å². The van der Waals surface area contributed by atoms with E-state index in [1.165, 1.54) is 7.11 Å². The van der Waals surface area contributed by atoms with Gasteiger partial charge in [-0.1, -0.05) is 12.1 Å². The van der Waals surface area contributed by atoms with Crippen LogP contribution in [0.15, 0.2) is 24.3 Å². The van der Waals surface area contributed by atoms with Crippen molar-refractivity contribution in [2.75, 3.05) is 7.11 Å². The number of aliphatic hydroxyl groups is 1. The Balaban J connectivity index is 2.97. The summed E-state index contributed by atoms with van der Waals surface area (Å²) in [7, 11) is 1.50. The molecular weight excluding hydrogens is 290 g/mol. The van der Waals surface area contributed by atoms with Gasteiger partial charge in [0.2, 0.25) is 0 Å². The van der Waals surface area contributed by atoms with E-state index in [9.17, 15) is 14.7 Å². The molecule has 0 aliphatic heterocycles. The number of aliphatic hydroxyl groups excluding tert-OH is 1. The Morgan fingerprint density at radius 2 is 1.73 bits per heavy atom. The number of nitrogens with one attached hydrogen (secondary N) is 1. The third kappa shape index (κ3) is 5.25. The van der Waals surface area contributed by atoms with Crippen molar-refractivity contribution in [2.24, 2.45) is 0 Å². The zero-order valence-electron chi connectivity index (χ0n) is 13.0. The number of amides is 1. The third-order valence-corrected chi connectivity index (χ3v) is 2.72. The van der Waals surface area contributed by atoms with Gasteiger partial charge >= 0.3 is 12.1 Å². The highest BCUT2D eigenvalue weighted by Crippen LogP contribution is 2.21. The van der Waals surface area contributed by atoms with Gasteiger partial charge < -0.3 is 25.0 Å². The standard InChI is InChI=1S/C15H21NO6/c1-15(2,3)22-14(20)16-11(12(17)13(18)19)9-5-7-10(21-4)8-6-9/h5-8,11-12,17H,1-4H3,(H,16,20)(H,18,19)/t11-,12-/m1/s1. The second-order valence-electron chi connectivity index (χ2n) is 5.68. The lowest BCUT2D eigenvalue weighted by atomic mass is 10.0. The number of hydrogen-bond donors (Lipinski definition) is 3. The van der Waals surface area contributed by atoms with Crippen molar-refractivity contribution in [2.45, 2.75) is 38.5 Å². The molecule has 7 heteroatoms. The Hall–Kier alpha value is -2.28. The van der Waals surface area contributed by atoms with Gasteiger partial charge in [0.25, 0.3) is 0 Å². The van der Waals surface area contributed by atoms with Crippen molar-refractivity contribution < 1.29 is 29.3 Å². The molecule has 122 valence electrons. The average Bonchev–Trinajstić information content (AvgIpc) is 2.42. The van der Waals surface area contributed by atoms with Gasteiger partial charge in [-0.25, -0.2) is 9.59 Å². The van der Waals surface area contributed by atoms with Gasteiger partial charge in [0.15, 0.2) is 6.10 Å². The van der Waals surface area contributed by atoms with E-state index in [1.54, 1.807) is 45.0 Å². The topological polar surface area (TPSA) is 105 Å². The largest absolute Gasteiger partial charge is 0.497 e. The fraction of sp³-hybridized carbons (Fsp3) is 0.467. The number of benzene rings is 1. The minimum Gasteiger partial charge on any atom is -0.497 e. The first-order valence-electron chi connectivity index (χ1n) is 6.68.